The van der Waals surface area contributed by atoms with Gasteiger partial charge >= 0.3 is 0 Å². The van der Waals surface area contributed by atoms with Gasteiger partial charge < -0.3 is 0 Å². The summed E-state index contributed by atoms with van der Waals surface area (Å²) in [4.78, 5) is 0. The summed E-state index contributed by atoms with van der Waals surface area (Å²) in [5, 5.41) is 0. The van der Waals surface area contributed by atoms with E-state index in [-0.39, 0.29) is 5.41 Å². The van der Waals surface area contributed by atoms with Crippen LogP contribution < -0.4 is 0 Å². The van der Waals surface area contributed by atoms with Gasteiger partial charge in [-0.15, -0.1) is 5.73 Å². The van der Waals surface area contributed by atoms with Gasteiger partial charge in [-0.3, -0.25) is 0 Å². The third-order valence-corrected chi connectivity index (χ3v) is 4.09. The minimum absolute atomic E-state index is 0.248. The molecule has 0 aliphatic carbocycles. The van der Waals surface area contributed by atoms with E-state index in [0.717, 1.165) is 6.42 Å². The number of allylic oxidation sites excluding steroid dienone is 1. The van der Waals surface area contributed by atoms with Crippen LogP contribution in [0.5, 0.6) is 0 Å². The summed E-state index contributed by atoms with van der Waals surface area (Å²) in [5.74, 6) is 0. The van der Waals surface area contributed by atoms with E-state index in [0.29, 0.717) is 5.41 Å². The Morgan fingerprint density at radius 2 is 1.54 bits per heavy atom. The highest BCUT2D eigenvalue weighted by molar-refractivity contribution is 5.03. The lowest BCUT2D eigenvalue weighted by Crippen LogP contribution is -2.34. The van der Waals surface area contributed by atoms with Gasteiger partial charge in [-0.1, -0.05) is 41.2 Å². The quantitative estimate of drug-likeness (QED) is 0.544. The van der Waals surface area contributed by atoms with Gasteiger partial charge in [0.15, 0.2) is 0 Å². The van der Waals surface area contributed by atoms with Crippen molar-refractivity contribution in [2.24, 2.45) is 10.8 Å². The number of rotatable bonds is 5. The molecule has 0 radical (unpaired) electrons. The lowest BCUT2D eigenvalue weighted by molar-refractivity contribution is 0.104. The summed E-state index contributed by atoms with van der Waals surface area (Å²) < 4.78 is 0. The van der Waals surface area contributed by atoms with Crippen molar-refractivity contribution in [2.45, 2.75) is 53.9 Å². The average molecular weight is 180 g/mol. The Labute approximate surface area is 83.7 Å². The van der Waals surface area contributed by atoms with Crippen LogP contribution in [0.15, 0.2) is 18.4 Å². The second-order valence-corrected chi connectivity index (χ2v) is 4.39. The first kappa shape index (κ1) is 12.5. The summed E-state index contributed by atoms with van der Waals surface area (Å²) in [6.45, 7) is 15.2. The first-order valence-electron chi connectivity index (χ1n) is 5.36. The Morgan fingerprint density at radius 3 is 1.77 bits per heavy atom. The smallest absolute Gasteiger partial charge is 0.00201 e. The molecule has 0 spiro atoms. The van der Waals surface area contributed by atoms with Gasteiger partial charge in [0, 0.05) is 0 Å². The summed E-state index contributed by atoms with van der Waals surface area (Å²) in [6.07, 6.45) is 5.74. The van der Waals surface area contributed by atoms with Crippen LogP contribution >= 0.6 is 0 Å². The topological polar surface area (TPSA) is 0 Å². The fraction of sp³-hybridized carbons (Fsp3) is 0.769. The maximum atomic E-state index is 3.70. The van der Waals surface area contributed by atoms with Gasteiger partial charge in [0.1, 0.15) is 0 Å². The molecule has 0 aromatic rings. The minimum Gasteiger partial charge on any atom is -0.132 e. The third kappa shape index (κ3) is 2.25. The minimum atomic E-state index is 0.248. The molecule has 0 nitrogen and oxygen atoms in total. The Bertz CT molecular complexity index is 192. The molecule has 13 heavy (non-hydrogen) atoms. The van der Waals surface area contributed by atoms with Crippen molar-refractivity contribution < 1.29 is 0 Å². The monoisotopic (exact) mass is 180 g/mol. The molecule has 0 N–H and O–H groups in total. The van der Waals surface area contributed by atoms with Crippen molar-refractivity contribution in [3.63, 3.8) is 0 Å². The fourth-order valence-corrected chi connectivity index (χ4v) is 1.99. The van der Waals surface area contributed by atoms with Crippen LogP contribution in [0, 0.1) is 10.8 Å². The van der Waals surface area contributed by atoms with E-state index in [1.54, 1.807) is 0 Å². The number of hydrogen-bond donors (Lipinski definition) is 0. The van der Waals surface area contributed by atoms with E-state index in [9.17, 15) is 0 Å². The summed E-state index contributed by atoms with van der Waals surface area (Å²) >= 11 is 0. The maximum Gasteiger partial charge on any atom is -0.00201 e. The molecule has 1 unspecified atom stereocenters. The highest BCUT2D eigenvalue weighted by Gasteiger charge is 2.38. The second-order valence-electron chi connectivity index (χ2n) is 4.39. The predicted octanol–water partition coefficient (Wildman–Crippen LogP) is 4.57. The normalized spacial score (nSPS) is 16.1. The molecule has 0 saturated carbocycles. The van der Waals surface area contributed by atoms with Gasteiger partial charge in [0.2, 0.25) is 0 Å². The largest absolute Gasteiger partial charge is 0.132 e. The SMILES string of the molecule is C=C=CC(C)(CC)C(C)(CC)CC. The van der Waals surface area contributed by atoms with Crippen LogP contribution in [0.4, 0.5) is 0 Å². The Hall–Kier alpha value is -0.480. The molecule has 1 atom stereocenters. The van der Waals surface area contributed by atoms with E-state index in [1.165, 1.54) is 12.8 Å². The van der Waals surface area contributed by atoms with Crippen LogP contribution in [-0.4, -0.2) is 0 Å². The second kappa shape index (κ2) is 4.67. The van der Waals surface area contributed by atoms with Crippen molar-refractivity contribution in [2.75, 3.05) is 0 Å². The van der Waals surface area contributed by atoms with Crippen LogP contribution in [0.25, 0.3) is 0 Å². The lowest BCUT2D eigenvalue weighted by Gasteiger charge is -2.43. The van der Waals surface area contributed by atoms with Gasteiger partial charge in [0.05, 0.1) is 0 Å². The van der Waals surface area contributed by atoms with Gasteiger partial charge in [-0.25, -0.2) is 0 Å². The van der Waals surface area contributed by atoms with E-state index in [2.05, 4.69) is 53.0 Å². The molecule has 0 aromatic heterocycles. The van der Waals surface area contributed by atoms with Gasteiger partial charge in [-0.2, -0.15) is 0 Å². The zero-order valence-corrected chi connectivity index (χ0v) is 9.91. The summed E-state index contributed by atoms with van der Waals surface area (Å²) in [5.41, 5.74) is 3.59. The van der Waals surface area contributed by atoms with E-state index in [1.807, 2.05) is 0 Å². The van der Waals surface area contributed by atoms with Gasteiger partial charge in [0.25, 0.3) is 0 Å². The number of hydrogen-bond acceptors (Lipinski definition) is 0. The third-order valence-electron chi connectivity index (χ3n) is 4.09. The average Bonchev–Trinajstić information content (AvgIpc) is 2.16. The Balaban J connectivity index is 5.01. The molecule has 0 heterocycles. The molecule has 76 valence electrons. The molecule has 0 saturated heterocycles. The molecule has 0 rings (SSSR count). The predicted molar refractivity (Wildman–Crippen MR) is 60.8 cm³/mol. The van der Waals surface area contributed by atoms with Crippen LogP contribution in [0.3, 0.4) is 0 Å². The summed E-state index contributed by atoms with van der Waals surface area (Å²) in [6, 6.07) is 0. The molecule has 0 fully saturated rings. The maximum absolute atomic E-state index is 3.70. The Morgan fingerprint density at radius 1 is 1.08 bits per heavy atom. The highest BCUT2D eigenvalue weighted by atomic mass is 14.4. The van der Waals surface area contributed by atoms with E-state index < -0.39 is 0 Å². The molecular weight excluding hydrogens is 156 g/mol. The van der Waals surface area contributed by atoms with Crippen molar-refractivity contribution in [1.29, 1.82) is 0 Å². The first-order valence-corrected chi connectivity index (χ1v) is 5.36. The molecule has 0 aliphatic heterocycles. The molecular formula is C13H24. The fourth-order valence-electron chi connectivity index (χ4n) is 1.99. The van der Waals surface area contributed by atoms with Crippen molar-refractivity contribution in [3.05, 3.63) is 18.4 Å². The molecule has 0 aliphatic rings. The molecule has 0 bridgehead atoms. The molecule has 0 heteroatoms. The van der Waals surface area contributed by atoms with Crippen molar-refractivity contribution in [3.8, 4) is 0 Å². The Kier molecular flexibility index (Phi) is 4.50. The zero-order chi connectivity index (χ0) is 10.5. The van der Waals surface area contributed by atoms with Crippen LogP contribution in [0.1, 0.15) is 53.9 Å². The van der Waals surface area contributed by atoms with E-state index >= 15 is 0 Å². The lowest BCUT2D eigenvalue weighted by atomic mass is 9.61. The van der Waals surface area contributed by atoms with Crippen molar-refractivity contribution in [1.82, 2.24) is 0 Å². The van der Waals surface area contributed by atoms with Crippen molar-refractivity contribution >= 4 is 0 Å². The zero-order valence-electron chi connectivity index (χ0n) is 9.91. The van der Waals surface area contributed by atoms with Crippen LogP contribution in [0.2, 0.25) is 0 Å². The first-order chi connectivity index (χ1) is 5.99. The van der Waals surface area contributed by atoms with E-state index in [4.69, 9.17) is 0 Å². The molecule has 0 amide bonds. The molecule has 0 aromatic carbocycles. The standard InChI is InChI=1S/C13H24/c1-7-11-13(6,10-4)12(5,8-2)9-3/h11H,1,8-10H2,2-6H3. The van der Waals surface area contributed by atoms with Gasteiger partial charge in [-0.05, 0) is 36.2 Å². The highest BCUT2D eigenvalue weighted by Crippen LogP contribution is 2.47. The summed E-state index contributed by atoms with van der Waals surface area (Å²) in [7, 11) is 0. The van der Waals surface area contributed by atoms with Crippen LogP contribution in [-0.2, 0) is 0 Å².